The van der Waals surface area contributed by atoms with Crippen molar-refractivity contribution in [1.82, 2.24) is 0 Å². The third-order valence-corrected chi connectivity index (χ3v) is 8.05. The van der Waals surface area contributed by atoms with Crippen LogP contribution in [0.3, 0.4) is 0 Å². The highest BCUT2D eigenvalue weighted by Crippen LogP contribution is 2.50. The maximum atomic E-state index is 2.34. The molecule has 0 bridgehead atoms. The Bertz CT molecular complexity index is 1170. The fourth-order valence-corrected chi connectivity index (χ4v) is 5.47. The van der Waals surface area contributed by atoms with Crippen molar-refractivity contribution in [1.29, 1.82) is 0 Å². The second kappa shape index (κ2) is 5.71. The lowest BCUT2D eigenvalue weighted by Crippen LogP contribution is -2.01. The molecule has 0 saturated carbocycles. The fourth-order valence-electron chi connectivity index (χ4n) is 5.47. The minimum atomic E-state index is 1.09. The average molecular weight is 357 g/mol. The standard InChI is InChI=1S/C27H32/c1-12-13(2)19(8)25-22(16(12)5)11-23-17(6)21(10)24-18(7)14(3)15(4)20(9)26(24)27(23)25/h11H2,1-10H3. The van der Waals surface area contributed by atoms with Crippen LogP contribution >= 0.6 is 0 Å². The molecule has 3 aromatic carbocycles. The molecule has 0 aromatic heterocycles. The van der Waals surface area contributed by atoms with Crippen LogP contribution in [0.5, 0.6) is 0 Å². The predicted octanol–water partition coefficient (Wildman–Crippen LogP) is 7.50. The molecule has 0 saturated heterocycles. The minimum absolute atomic E-state index is 1.09. The summed E-state index contributed by atoms with van der Waals surface area (Å²) in [6.45, 7) is 23.2. The molecular formula is C27H32. The van der Waals surface area contributed by atoms with Gasteiger partial charge in [0.25, 0.3) is 0 Å². The monoisotopic (exact) mass is 356 g/mol. The Kier molecular flexibility index (Phi) is 3.87. The van der Waals surface area contributed by atoms with E-state index < -0.39 is 0 Å². The van der Waals surface area contributed by atoms with Gasteiger partial charge in [0.1, 0.15) is 0 Å². The molecule has 0 unspecified atom stereocenters. The number of hydrogen-bond acceptors (Lipinski definition) is 0. The van der Waals surface area contributed by atoms with E-state index in [4.69, 9.17) is 0 Å². The molecule has 0 spiro atoms. The predicted molar refractivity (Wildman–Crippen MR) is 120 cm³/mol. The highest BCUT2D eigenvalue weighted by Gasteiger charge is 2.30. The van der Waals surface area contributed by atoms with Crippen molar-refractivity contribution >= 4 is 10.8 Å². The highest BCUT2D eigenvalue weighted by atomic mass is 14.3. The lowest BCUT2D eigenvalue weighted by molar-refractivity contribution is 1.13. The molecule has 3 aromatic rings. The quantitative estimate of drug-likeness (QED) is 0.306. The molecule has 0 radical (unpaired) electrons. The van der Waals surface area contributed by atoms with Crippen molar-refractivity contribution in [2.45, 2.75) is 75.7 Å². The first kappa shape index (κ1) is 18.3. The molecule has 0 heteroatoms. The maximum absolute atomic E-state index is 2.34. The summed E-state index contributed by atoms with van der Waals surface area (Å²) in [5.74, 6) is 0. The van der Waals surface area contributed by atoms with Crippen LogP contribution in [0.4, 0.5) is 0 Å². The topological polar surface area (TPSA) is 0 Å². The Hall–Kier alpha value is -2.08. The van der Waals surface area contributed by atoms with Crippen molar-refractivity contribution in [3.05, 3.63) is 66.8 Å². The van der Waals surface area contributed by atoms with E-state index >= 15 is 0 Å². The maximum Gasteiger partial charge on any atom is -0.000766 e. The Labute approximate surface area is 164 Å². The normalized spacial score (nSPS) is 12.7. The van der Waals surface area contributed by atoms with Crippen molar-refractivity contribution < 1.29 is 0 Å². The number of hydrogen-bond donors (Lipinski definition) is 0. The van der Waals surface area contributed by atoms with Crippen LogP contribution in [0.1, 0.15) is 66.8 Å². The number of fused-ring (bicyclic) bond motifs is 5. The van der Waals surface area contributed by atoms with E-state index in [1.54, 1.807) is 11.1 Å². The largest absolute Gasteiger partial charge is 0.0447 e. The van der Waals surface area contributed by atoms with Gasteiger partial charge in [0.2, 0.25) is 0 Å². The second-order valence-electron chi connectivity index (χ2n) is 8.88. The smallest absolute Gasteiger partial charge is 0.000766 e. The first-order valence-electron chi connectivity index (χ1n) is 10.2. The molecule has 4 rings (SSSR count). The van der Waals surface area contributed by atoms with E-state index in [2.05, 4.69) is 69.2 Å². The van der Waals surface area contributed by atoms with Crippen LogP contribution in [-0.2, 0) is 6.42 Å². The van der Waals surface area contributed by atoms with Gasteiger partial charge in [-0.1, -0.05) is 0 Å². The molecule has 0 amide bonds. The van der Waals surface area contributed by atoms with Crippen LogP contribution in [0.25, 0.3) is 21.9 Å². The Morgan fingerprint density at radius 1 is 0.333 bits per heavy atom. The van der Waals surface area contributed by atoms with E-state index in [1.165, 1.54) is 77.5 Å². The lowest BCUT2D eigenvalue weighted by Gasteiger charge is -2.23. The molecule has 140 valence electrons. The van der Waals surface area contributed by atoms with Gasteiger partial charge < -0.3 is 0 Å². The van der Waals surface area contributed by atoms with Gasteiger partial charge in [-0.05, 0) is 164 Å². The van der Waals surface area contributed by atoms with Gasteiger partial charge >= 0.3 is 0 Å². The van der Waals surface area contributed by atoms with E-state index in [9.17, 15) is 0 Å². The molecule has 0 atom stereocenters. The van der Waals surface area contributed by atoms with Gasteiger partial charge in [0.05, 0.1) is 0 Å². The molecule has 0 heterocycles. The third-order valence-electron chi connectivity index (χ3n) is 8.05. The van der Waals surface area contributed by atoms with Gasteiger partial charge in [-0.3, -0.25) is 0 Å². The zero-order valence-corrected chi connectivity index (χ0v) is 18.7. The molecule has 0 fully saturated rings. The van der Waals surface area contributed by atoms with Gasteiger partial charge in [-0.2, -0.15) is 0 Å². The van der Waals surface area contributed by atoms with Crippen LogP contribution < -0.4 is 0 Å². The molecule has 1 aliphatic carbocycles. The lowest BCUT2D eigenvalue weighted by atomic mass is 9.81. The molecule has 0 N–H and O–H groups in total. The van der Waals surface area contributed by atoms with E-state index in [1.807, 2.05) is 0 Å². The summed E-state index contributed by atoms with van der Waals surface area (Å²) < 4.78 is 0. The summed E-state index contributed by atoms with van der Waals surface area (Å²) >= 11 is 0. The Balaban J connectivity index is 2.34. The van der Waals surface area contributed by atoms with Crippen LogP contribution in [0, 0.1) is 69.2 Å². The summed E-state index contributed by atoms with van der Waals surface area (Å²) in [7, 11) is 0. The summed E-state index contributed by atoms with van der Waals surface area (Å²) in [6.07, 6.45) is 1.09. The van der Waals surface area contributed by atoms with E-state index in [-0.39, 0.29) is 0 Å². The Morgan fingerprint density at radius 3 is 1.30 bits per heavy atom. The molecule has 1 aliphatic rings. The molecule has 0 aliphatic heterocycles. The SMILES string of the molecule is Cc1c(C)c(C)c2c(c1C)Cc1c(C)c(C)c3c(C)c(C)c(C)c(C)c3c1-2. The fraction of sp³-hybridized carbons (Fsp3) is 0.407. The van der Waals surface area contributed by atoms with Crippen molar-refractivity contribution in [2.24, 2.45) is 0 Å². The minimum Gasteiger partial charge on any atom is -0.0447 e. The molecule has 27 heavy (non-hydrogen) atoms. The summed E-state index contributed by atoms with van der Waals surface area (Å²) in [5.41, 5.74) is 20.9. The molecular weight excluding hydrogens is 324 g/mol. The van der Waals surface area contributed by atoms with Crippen LogP contribution in [0.2, 0.25) is 0 Å². The summed E-state index contributed by atoms with van der Waals surface area (Å²) in [4.78, 5) is 0. The average Bonchev–Trinajstić information content (AvgIpc) is 3.04. The van der Waals surface area contributed by atoms with E-state index in [0.29, 0.717) is 0 Å². The summed E-state index contributed by atoms with van der Waals surface area (Å²) in [6, 6.07) is 0. The van der Waals surface area contributed by atoms with Gasteiger partial charge in [-0.25, -0.2) is 0 Å². The third kappa shape index (κ3) is 2.10. The molecule has 0 nitrogen and oxygen atoms in total. The summed E-state index contributed by atoms with van der Waals surface area (Å²) in [5, 5.41) is 3.01. The highest BCUT2D eigenvalue weighted by molar-refractivity contribution is 6.08. The zero-order chi connectivity index (χ0) is 19.9. The number of aryl methyl sites for hydroxylation is 3. The first-order valence-corrected chi connectivity index (χ1v) is 10.2. The van der Waals surface area contributed by atoms with E-state index in [0.717, 1.165) is 6.42 Å². The van der Waals surface area contributed by atoms with Crippen LogP contribution in [-0.4, -0.2) is 0 Å². The van der Waals surface area contributed by atoms with Gasteiger partial charge in [0, 0.05) is 0 Å². The van der Waals surface area contributed by atoms with Gasteiger partial charge in [0.15, 0.2) is 0 Å². The second-order valence-corrected chi connectivity index (χ2v) is 8.88. The van der Waals surface area contributed by atoms with Crippen LogP contribution in [0.15, 0.2) is 0 Å². The van der Waals surface area contributed by atoms with Crippen molar-refractivity contribution in [3.8, 4) is 11.1 Å². The van der Waals surface area contributed by atoms with Crippen molar-refractivity contribution in [3.63, 3.8) is 0 Å². The number of rotatable bonds is 0. The number of benzene rings is 3. The first-order chi connectivity index (χ1) is 12.6. The zero-order valence-electron chi connectivity index (χ0n) is 18.7. The Morgan fingerprint density at radius 2 is 0.704 bits per heavy atom. The van der Waals surface area contributed by atoms with Crippen molar-refractivity contribution in [2.75, 3.05) is 0 Å². The van der Waals surface area contributed by atoms with Gasteiger partial charge in [-0.15, -0.1) is 0 Å².